The second-order valence-corrected chi connectivity index (χ2v) is 6.73. The third-order valence-electron chi connectivity index (χ3n) is 4.02. The van der Waals surface area contributed by atoms with Gasteiger partial charge in [0.1, 0.15) is 0 Å². The van der Waals surface area contributed by atoms with Crippen LogP contribution in [0.15, 0.2) is 22.7 Å². The first-order valence-corrected chi connectivity index (χ1v) is 8.40. The summed E-state index contributed by atoms with van der Waals surface area (Å²) < 4.78 is 6.45. The zero-order chi connectivity index (χ0) is 14.6. The molecule has 2 rings (SSSR count). The van der Waals surface area contributed by atoms with Crippen LogP contribution in [-0.4, -0.2) is 12.6 Å². The molecule has 1 aliphatic rings. The predicted octanol–water partition coefficient (Wildman–Crippen LogP) is 5.26. The fourth-order valence-corrected chi connectivity index (χ4v) is 3.53. The van der Waals surface area contributed by atoms with Crippen LogP contribution in [0.2, 0.25) is 5.02 Å². The van der Waals surface area contributed by atoms with E-state index in [1.54, 1.807) is 0 Å². The lowest BCUT2D eigenvalue weighted by atomic mass is 9.79. The molecule has 0 radical (unpaired) electrons. The molecule has 0 bridgehead atoms. The summed E-state index contributed by atoms with van der Waals surface area (Å²) in [5, 5.41) is 0.655. The zero-order valence-electron chi connectivity index (χ0n) is 11.8. The summed E-state index contributed by atoms with van der Waals surface area (Å²) in [4.78, 5) is 12.6. The molecule has 1 saturated carbocycles. The average Bonchev–Trinajstić information content (AvgIpc) is 2.92. The molecule has 0 saturated heterocycles. The van der Waals surface area contributed by atoms with Crippen molar-refractivity contribution in [1.82, 2.24) is 0 Å². The van der Waals surface area contributed by atoms with Crippen molar-refractivity contribution in [2.75, 3.05) is 6.61 Å². The van der Waals surface area contributed by atoms with Crippen LogP contribution in [-0.2, 0) is 14.9 Å². The van der Waals surface area contributed by atoms with Gasteiger partial charge >= 0.3 is 5.97 Å². The minimum absolute atomic E-state index is 0.108. The quantitative estimate of drug-likeness (QED) is 0.529. The summed E-state index contributed by atoms with van der Waals surface area (Å²) in [6.07, 6.45) is 5.69. The number of carbonyl (C=O) groups excluding carboxylic acids is 1. The lowest BCUT2D eigenvalue weighted by molar-refractivity contribution is -0.150. The first-order chi connectivity index (χ1) is 9.60. The number of esters is 1. The number of ether oxygens (including phenoxy) is 1. The van der Waals surface area contributed by atoms with Crippen LogP contribution < -0.4 is 0 Å². The van der Waals surface area contributed by atoms with E-state index in [2.05, 4.69) is 22.9 Å². The third kappa shape index (κ3) is 3.20. The Kier molecular flexibility index (Phi) is 5.50. The summed E-state index contributed by atoms with van der Waals surface area (Å²) in [5.74, 6) is -0.108. The van der Waals surface area contributed by atoms with E-state index in [0.717, 1.165) is 48.6 Å². The Bertz CT molecular complexity index is 481. The zero-order valence-corrected chi connectivity index (χ0v) is 14.1. The van der Waals surface area contributed by atoms with Crippen molar-refractivity contribution in [3.8, 4) is 0 Å². The summed E-state index contributed by atoms with van der Waals surface area (Å²) in [5.41, 5.74) is 0.363. The van der Waals surface area contributed by atoms with Crippen LogP contribution in [0.4, 0.5) is 0 Å². The van der Waals surface area contributed by atoms with Gasteiger partial charge in [0, 0.05) is 9.50 Å². The van der Waals surface area contributed by atoms with Crippen LogP contribution in [0.5, 0.6) is 0 Å². The molecule has 0 heterocycles. The van der Waals surface area contributed by atoms with Gasteiger partial charge in [-0.1, -0.05) is 53.7 Å². The Morgan fingerprint density at radius 3 is 2.75 bits per heavy atom. The van der Waals surface area contributed by atoms with E-state index in [4.69, 9.17) is 16.3 Å². The van der Waals surface area contributed by atoms with Crippen LogP contribution in [0, 0.1) is 0 Å². The van der Waals surface area contributed by atoms with Gasteiger partial charge in [0.05, 0.1) is 12.0 Å². The molecule has 1 fully saturated rings. The van der Waals surface area contributed by atoms with Crippen molar-refractivity contribution >= 4 is 33.5 Å². The van der Waals surface area contributed by atoms with Gasteiger partial charge in [0.15, 0.2) is 0 Å². The Morgan fingerprint density at radius 1 is 1.40 bits per heavy atom. The lowest BCUT2D eigenvalue weighted by Crippen LogP contribution is -2.35. The number of halogens is 2. The van der Waals surface area contributed by atoms with Gasteiger partial charge < -0.3 is 4.74 Å². The highest BCUT2D eigenvalue weighted by Crippen LogP contribution is 2.45. The van der Waals surface area contributed by atoms with Gasteiger partial charge in [0.2, 0.25) is 0 Å². The van der Waals surface area contributed by atoms with Crippen molar-refractivity contribution in [2.24, 2.45) is 0 Å². The van der Waals surface area contributed by atoms with E-state index in [0.29, 0.717) is 11.6 Å². The molecule has 1 aromatic rings. The number of carbonyl (C=O) groups is 1. The molecule has 0 aromatic heterocycles. The highest BCUT2D eigenvalue weighted by atomic mass is 79.9. The van der Waals surface area contributed by atoms with Crippen LogP contribution in [0.3, 0.4) is 0 Å². The molecular weight excluding hydrogens is 340 g/mol. The monoisotopic (exact) mass is 358 g/mol. The summed E-state index contributed by atoms with van der Waals surface area (Å²) in [6, 6.07) is 5.71. The topological polar surface area (TPSA) is 26.3 Å². The molecule has 0 N–H and O–H groups in total. The van der Waals surface area contributed by atoms with E-state index >= 15 is 0 Å². The van der Waals surface area contributed by atoms with Crippen molar-refractivity contribution in [1.29, 1.82) is 0 Å². The second kappa shape index (κ2) is 6.95. The average molecular weight is 360 g/mol. The largest absolute Gasteiger partial charge is 0.465 e. The molecule has 1 aromatic carbocycles. The van der Waals surface area contributed by atoms with E-state index in [1.807, 2.05) is 18.2 Å². The first-order valence-electron chi connectivity index (χ1n) is 7.23. The fourth-order valence-electron chi connectivity index (χ4n) is 2.87. The molecule has 0 aliphatic heterocycles. The molecule has 1 aliphatic carbocycles. The standard InChI is InChI=1S/C16H20BrClO2/c1-2-3-10-20-15(19)16(8-4-5-9-16)13-11-12(17)6-7-14(13)18/h6-7,11H,2-5,8-10H2,1H3. The SMILES string of the molecule is CCCCOC(=O)C1(c2cc(Br)ccc2Cl)CCCC1. The molecule has 0 spiro atoms. The summed E-state index contributed by atoms with van der Waals surface area (Å²) in [7, 11) is 0. The van der Waals surface area contributed by atoms with Crippen molar-refractivity contribution in [3.63, 3.8) is 0 Å². The van der Waals surface area contributed by atoms with Crippen LogP contribution in [0.1, 0.15) is 51.0 Å². The minimum atomic E-state index is -0.547. The first kappa shape index (κ1) is 15.8. The van der Waals surface area contributed by atoms with E-state index in [1.165, 1.54) is 0 Å². The Balaban J connectivity index is 2.29. The number of hydrogen-bond donors (Lipinski definition) is 0. The molecule has 110 valence electrons. The molecular formula is C16H20BrClO2. The Labute approximate surface area is 134 Å². The third-order valence-corrected chi connectivity index (χ3v) is 4.85. The molecule has 4 heteroatoms. The summed E-state index contributed by atoms with van der Waals surface area (Å²) >= 11 is 9.81. The highest BCUT2D eigenvalue weighted by molar-refractivity contribution is 9.10. The minimum Gasteiger partial charge on any atom is -0.465 e. The fraction of sp³-hybridized carbons (Fsp3) is 0.562. The normalized spacial score (nSPS) is 17.1. The van der Waals surface area contributed by atoms with Crippen LogP contribution >= 0.6 is 27.5 Å². The van der Waals surface area contributed by atoms with Crippen molar-refractivity contribution in [2.45, 2.75) is 50.9 Å². The number of unbranched alkanes of at least 4 members (excludes halogenated alkanes) is 1. The van der Waals surface area contributed by atoms with Gasteiger partial charge in [0.25, 0.3) is 0 Å². The van der Waals surface area contributed by atoms with Gasteiger partial charge in [-0.05, 0) is 43.0 Å². The molecule has 2 nitrogen and oxygen atoms in total. The molecule has 0 atom stereocenters. The Hall–Kier alpha value is -0.540. The molecule has 20 heavy (non-hydrogen) atoms. The van der Waals surface area contributed by atoms with Gasteiger partial charge in [-0.3, -0.25) is 4.79 Å². The van der Waals surface area contributed by atoms with Crippen molar-refractivity contribution < 1.29 is 9.53 Å². The van der Waals surface area contributed by atoms with E-state index in [-0.39, 0.29) is 5.97 Å². The lowest BCUT2D eigenvalue weighted by Gasteiger charge is -2.28. The summed E-state index contributed by atoms with van der Waals surface area (Å²) in [6.45, 7) is 2.59. The Morgan fingerprint density at radius 2 is 2.10 bits per heavy atom. The maximum atomic E-state index is 12.6. The van der Waals surface area contributed by atoms with E-state index in [9.17, 15) is 4.79 Å². The van der Waals surface area contributed by atoms with Gasteiger partial charge in [-0.15, -0.1) is 0 Å². The van der Waals surface area contributed by atoms with E-state index < -0.39 is 5.41 Å². The molecule has 0 unspecified atom stereocenters. The number of rotatable bonds is 5. The molecule has 0 amide bonds. The van der Waals surface area contributed by atoms with Gasteiger partial charge in [-0.2, -0.15) is 0 Å². The maximum Gasteiger partial charge on any atom is 0.316 e. The smallest absolute Gasteiger partial charge is 0.316 e. The second-order valence-electron chi connectivity index (χ2n) is 5.40. The van der Waals surface area contributed by atoms with Gasteiger partial charge in [-0.25, -0.2) is 0 Å². The number of benzene rings is 1. The van der Waals surface area contributed by atoms with Crippen molar-refractivity contribution in [3.05, 3.63) is 33.3 Å². The van der Waals surface area contributed by atoms with Crippen LogP contribution in [0.25, 0.3) is 0 Å². The maximum absolute atomic E-state index is 12.6. The number of hydrogen-bond acceptors (Lipinski definition) is 2. The highest BCUT2D eigenvalue weighted by Gasteiger charge is 2.45. The predicted molar refractivity (Wildman–Crippen MR) is 85.2 cm³/mol.